The lowest BCUT2D eigenvalue weighted by Gasteiger charge is -2.21. The molecule has 21 heavy (non-hydrogen) atoms. The first-order valence-corrected chi connectivity index (χ1v) is 7.01. The molecule has 0 bridgehead atoms. The number of methoxy groups -OCH3 is 1. The van der Waals surface area contributed by atoms with Gasteiger partial charge in [0.15, 0.2) is 0 Å². The summed E-state index contributed by atoms with van der Waals surface area (Å²) in [5.74, 6) is -0.222. The smallest absolute Gasteiger partial charge is 0.328 e. The number of benzene rings is 1. The summed E-state index contributed by atoms with van der Waals surface area (Å²) in [5.41, 5.74) is 1.87. The van der Waals surface area contributed by atoms with E-state index in [4.69, 9.17) is 14.9 Å². The largest absolute Gasteiger partial charge is 0.497 e. The molecule has 116 valence electrons. The van der Waals surface area contributed by atoms with Gasteiger partial charge in [0.2, 0.25) is 0 Å². The number of carboxylic acid groups (broad SMARTS) is 1. The molecule has 2 N–H and O–H groups in total. The van der Waals surface area contributed by atoms with Gasteiger partial charge in [0.25, 0.3) is 0 Å². The molecule has 0 aliphatic rings. The van der Waals surface area contributed by atoms with E-state index in [9.17, 15) is 4.79 Å². The fraction of sp³-hybridized carbons (Fsp3) is 0.438. The molecule has 0 amide bonds. The summed E-state index contributed by atoms with van der Waals surface area (Å²) in [6.45, 7) is 4.57. The van der Waals surface area contributed by atoms with Crippen molar-refractivity contribution in [2.24, 2.45) is 0 Å². The Kier molecular flexibility index (Phi) is 7.50. The molecule has 0 aliphatic heterocycles. The number of aliphatic carboxylic acids is 1. The minimum Gasteiger partial charge on any atom is -0.497 e. The summed E-state index contributed by atoms with van der Waals surface area (Å²) in [6.07, 6.45) is 3.45. The lowest BCUT2D eigenvalue weighted by molar-refractivity contribution is -0.131. The highest BCUT2D eigenvalue weighted by Crippen LogP contribution is 2.20. The highest BCUT2D eigenvalue weighted by molar-refractivity contribution is 5.85. The Morgan fingerprint density at radius 2 is 2.19 bits per heavy atom. The lowest BCUT2D eigenvalue weighted by atomic mass is 10.1. The van der Waals surface area contributed by atoms with Crippen molar-refractivity contribution < 1.29 is 19.7 Å². The molecule has 0 radical (unpaired) electrons. The number of carbonyl (C=O) groups is 1. The summed E-state index contributed by atoms with van der Waals surface area (Å²) < 4.78 is 5.23. The van der Waals surface area contributed by atoms with E-state index in [0.29, 0.717) is 6.54 Å². The summed E-state index contributed by atoms with van der Waals surface area (Å²) in [7, 11) is 1.61. The molecule has 0 unspecified atom stereocenters. The van der Waals surface area contributed by atoms with E-state index in [1.807, 2.05) is 18.2 Å². The molecule has 0 saturated carbocycles. The second-order valence-electron chi connectivity index (χ2n) is 4.68. The summed E-state index contributed by atoms with van der Waals surface area (Å²) in [5, 5.41) is 17.7. The zero-order chi connectivity index (χ0) is 15.7. The van der Waals surface area contributed by atoms with Gasteiger partial charge >= 0.3 is 5.97 Å². The Bertz CT molecular complexity index is 485. The molecule has 0 spiro atoms. The van der Waals surface area contributed by atoms with E-state index >= 15 is 0 Å². The first-order valence-electron chi connectivity index (χ1n) is 7.01. The molecule has 0 aromatic heterocycles. The predicted molar refractivity (Wildman–Crippen MR) is 82.3 cm³/mol. The molecular weight excluding hydrogens is 270 g/mol. The van der Waals surface area contributed by atoms with Gasteiger partial charge in [-0.25, -0.2) is 4.79 Å². The average molecular weight is 293 g/mol. The number of nitrogens with zero attached hydrogens (tertiary/aromatic N) is 1. The molecule has 0 heterocycles. The zero-order valence-electron chi connectivity index (χ0n) is 12.6. The number of rotatable bonds is 9. The van der Waals surface area contributed by atoms with Crippen molar-refractivity contribution in [3.8, 4) is 5.75 Å². The fourth-order valence-electron chi connectivity index (χ4n) is 2.05. The minimum atomic E-state index is -0.968. The molecule has 5 heteroatoms. The molecule has 5 nitrogen and oxygen atoms in total. The van der Waals surface area contributed by atoms with Gasteiger partial charge in [-0.05, 0) is 42.3 Å². The van der Waals surface area contributed by atoms with Gasteiger partial charge < -0.3 is 14.9 Å². The lowest BCUT2D eigenvalue weighted by Crippen LogP contribution is -2.25. The van der Waals surface area contributed by atoms with E-state index in [1.54, 1.807) is 13.2 Å². The van der Waals surface area contributed by atoms with E-state index in [-0.39, 0.29) is 6.61 Å². The van der Waals surface area contributed by atoms with Crippen molar-refractivity contribution in [2.45, 2.75) is 19.9 Å². The van der Waals surface area contributed by atoms with E-state index in [2.05, 4.69) is 11.8 Å². The minimum absolute atomic E-state index is 0.167. The quantitative estimate of drug-likeness (QED) is 0.681. The standard InChI is InChI=1S/C16H23NO4/c1-3-17(9-4-10-18)12-14-11-15(21-2)7-5-13(14)6-8-16(19)20/h5-8,11,18H,3-4,9-10,12H2,1-2H3,(H,19,20)/b8-6+. The van der Waals surface area contributed by atoms with E-state index in [0.717, 1.165) is 42.5 Å². The van der Waals surface area contributed by atoms with Crippen LogP contribution in [0.5, 0.6) is 5.75 Å². The van der Waals surface area contributed by atoms with Crippen LogP contribution in [0.1, 0.15) is 24.5 Å². The monoisotopic (exact) mass is 293 g/mol. The molecule has 0 fully saturated rings. The number of ether oxygens (including phenoxy) is 1. The number of hydrogen-bond donors (Lipinski definition) is 2. The van der Waals surface area contributed by atoms with Gasteiger partial charge in [-0.15, -0.1) is 0 Å². The van der Waals surface area contributed by atoms with Crippen LogP contribution in [0.2, 0.25) is 0 Å². The van der Waals surface area contributed by atoms with Crippen molar-refractivity contribution in [2.75, 3.05) is 26.8 Å². The van der Waals surface area contributed by atoms with E-state index in [1.165, 1.54) is 0 Å². The van der Waals surface area contributed by atoms with Crippen LogP contribution < -0.4 is 4.74 Å². The Balaban J connectivity index is 2.96. The van der Waals surface area contributed by atoms with Gasteiger partial charge in [0, 0.05) is 25.8 Å². The highest BCUT2D eigenvalue weighted by atomic mass is 16.5. The van der Waals surface area contributed by atoms with Crippen LogP contribution in [0, 0.1) is 0 Å². The Hall–Kier alpha value is -1.85. The average Bonchev–Trinajstić information content (AvgIpc) is 2.49. The topological polar surface area (TPSA) is 70.0 Å². The maximum atomic E-state index is 10.7. The van der Waals surface area contributed by atoms with Crippen LogP contribution >= 0.6 is 0 Å². The number of aliphatic hydroxyl groups is 1. The highest BCUT2D eigenvalue weighted by Gasteiger charge is 2.08. The van der Waals surface area contributed by atoms with Crippen molar-refractivity contribution >= 4 is 12.0 Å². The first kappa shape index (κ1) is 17.2. The number of carboxylic acids is 1. The molecule has 0 saturated heterocycles. The summed E-state index contributed by atoms with van der Waals surface area (Å²) >= 11 is 0. The first-order chi connectivity index (χ1) is 10.1. The third-order valence-corrected chi connectivity index (χ3v) is 3.23. The van der Waals surface area contributed by atoms with Crippen molar-refractivity contribution in [3.05, 3.63) is 35.4 Å². The second-order valence-corrected chi connectivity index (χ2v) is 4.68. The predicted octanol–water partition coefficient (Wildman–Crippen LogP) is 2.00. The molecule has 0 atom stereocenters. The van der Waals surface area contributed by atoms with Crippen molar-refractivity contribution in [1.29, 1.82) is 0 Å². The molecule has 1 aromatic rings. The summed E-state index contributed by atoms with van der Waals surface area (Å²) in [6, 6.07) is 5.59. The van der Waals surface area contributed by atoms with Crippen LogP contribution in [0.15, 0.2) is 24.3 Å². The molecule has 1 rings (SSSR count). The van der Waals surface area contributed by atoms with Gasteiger partial charge in [-0.2, -0.15) is 0 Å². The Morgan fingerprint density at radius 1 is 1.43 bits per heavy atom. The number of aliphatic hydroxyl groups excluding tert-OH is 1. The third-order valence-electron chi connectivity index (χ3n) is 3.23. The maximum absolute atomic E-state index is 10.7. The SMILES string of the molecule is CCN(CCCO)Cc1cc(OC)ccc1/C=C/C(=O)O. The Labute approximate surface area is 125 Å². The second kappa shape index (κ2) is 9.15. The molecule has 0 aliphatic carbocycles. The van der Waals surface area contributed by atoms with E-state index < -0.39 is 5.97 Å². The van der Waals surface area contributed by atoms with Gasteiger partial charge in [0.05, 0.1) is 7.11 Å². The molecular formula is C16H23NO4. The fourth-order valence-corrected chi connectivity index (χ4v) is 2.05. The van der Waals surface area contributed by atoms with Crippen molar-refractivity contribution in [1.82, 2.24) is 4.90 Å². The molecule has 1 aromatic carbocycles. The van der Waals surface area contributed by atoms with Crippen molar-refractivity contribution in [3.63, 3.8) is 0 Å². The zero-order valence-corrected chi connectivity index (χ0v) is 12.6. The number of hydrogen-bond acceptors (Lipinski definition) is 4. The van der Waals surface area contributed by atoms with Gasteiger partial charge in [-0.1, -0.05) is 13.0 Å². The normalized spacial score (nSPS) is 11.2. The van der Waals surface area contributed by atoms with Crippen LogP contribution in [-0.4, -0.2) is 47.9 Å². The third kappa shape index (κ3) is 5.97. The van der Waals surface area contributed by atoms with Crippen LogP contribution in [0.25, 0.3) is 6.08 Å². The van der Waals surface area contributed by atoms with Crippen LogP contribution in [0.4, 0.5) is 0 Å². The maximum Gasteiger partial charge on any atom is 0.328 e. The Morgan fingerprint density at radius 3 is 2.76 bits per heavy atom. The van der Waals surface area contributed by atoms with Gasteiger partial charge in [0.1, 0.15) is 5.75 Å². The van der Waals surface area contributed by atoms with Crippen LogP contribution in [-0.2, 0) is 11.3 Å². The summed E-state index contributed by atoms with van der Waals surface area (Å²) in [4.78, 5) is 12.9. The van der Waals surface area contributed by atoms with Crippen LogP contribution in [0.3, 0.4) is 0 Å². The van der Waals surface area contributed by atoms with Gasteiger partial charge in [-0.3, -0.25) is 4.90 Å².